The average molecular weight is 142 g/mol. The number of rotatable bonds is 2. The molecule has 2 amide bonds. The first kappa shape index (κ1) is 7.05. The van der Waals surface area contributed by atoms with Gasteiger partial charge >= 0.3 is 0 Å². The molecule has 0 aromatic rings. The molecule has 0 radical (unpaired) electrons. The van der Waals surface area contributed by atoms with E-state index in [1.807, 2.05) is 0 Å². The Hall–Kier alpha value is -1.06. The van der Waals surface area contributed by atoms with Crippen molar-refractivity contribution in [1.82, 2.24) is 0 Å². The molecule has 0 bridgehead atoms. The van der Waals surface area contributed by atoms with E-state index in [4.69, 9.17) is 11.5 Å². The number of primary amides is 2. The third-order valence-corrected chi connectivity index (χ3v) is 2.14. The van der Waals surface area contributed by atoms with Crippen LogP contribution >= 0.6 is 0 Å². The van der Waals surface area contributed by atoms with Gasteiger partial charge < -0.3 is 11.5 Å². The molecule has 4 heteroatoms. The minimum absolute atomic E-state index is 0.329. The fourth-order valence-electron chi connectivity index (χ4n) is 1.05. The lowest BCUT2D eigenvalue weighted by atomic mass is 10.1. The second kappa shape index (κ2) is 1.71. The second-order valence-corrected chi connectivity index (χ2v) is 2.94. The van der Waals surface area contributed by atoms with E-state index in [0.717, 1.165) is 0 Å². The van der Waals surface area contributed by atoms with E-state index < -0.39 is 17.2 Å². The third-order valence-electron chi connectivity index (χ3n) is 2.14. The summed E-state index contributed by atoms with van der Waals surface area (Å²) in [6.07, 6.45) is 0.512. The Bertz CT molecular complexity index is 202. The van der Waals surface area contributed by atoms with Crippen molar-refractivity contribution in [1.29, 1.82) is 0 Å². The summed E-state index contributed by atoms with van der Waals surface area (Å²) in [5.41, 5.74) is 9.33. The van der Waals surface area contributed by atoms with Crippen molar-refractivity contribution in [2.45, 2.75) is 13.3 Å². The van der Waals surface area contributed by atoms with E-state index in [1.54, 1.807) is 6.92 Å². The van der Waals surface area contributed by atoms with Gasteiger partial charge in [-0.1, -0.05) is 0 Å². The number of carbonyl (C=O) groups is 2. The van der Waals surface area contributed by atoms with E-state index in [-0.39, 0.29) is 5.92 Å². The zero-order chi connectivity index (χ0) is 7.94. The summed E-state index contributed by atoms with van der Waals surface area (Å²) in [5.74, 6) is -1.19. The molecule has 56 valence electrons. The van der Waals surface area contributed by atoms with Crippen LogP contribution < -0.4 is 11.5 Å². The van der Waals surface area contributed by atoms with Gasteiger partial charge in [-0.3, -0.25) is 9.59 Å². The minimum atomic E-state index is -0.647. The first-order valence-corrected chi connectivity index (χ1v) is 3.07. The average Bonchev–Trinajstić information content (AvgIpc) is 2.43. The van der Waals surface area contributed by atoms with Crippen molar-refractivity contribution in [3.8, 4) is 0 Å². The molecule has 0 saturated heterocycles. The van der Waals surface area contributed by atoms with Gasteiger partial charge in [0.1, 0.15) is 0 Å². The molecule has 10 heavy (non-hydrogen) atoms. The first-order chi connectivity index (χ1) is 4.48. The van der Waals surface area contributed by atoms with Crippen LogP contribution in [0.5, 0.6) is 0 Å². The fourth-order valence-corrected chi connectivity index (χ4v) is 1.05. The van der Waals surface area contributed by atoms with Crippen molar-refractivity contribution in [2.24, 2.45) is 22.8 Å². The number of hydrogen-bond acceptors (Lipinski definition) is 2. The highest BCUT2D eigenvalue weighted by molar-refractivity contribution is 5.94. The SMILES string of the molecule is C[C@@]1(C(N)=O)C[C@@H]1C(N)=O. The normalized spacial score (nSPS) is 37.1. The van der Waals surface area contributed by atoms with Crippen LogP contribution in [0.3, 0.4) is 0 Å². The lowest BCUT2D eigenvalue weighted by molar-refractivity contribution is -0.127. The summed E-state index contributed by atoms with van der Waals surface area (Å²) < 4.78 is 0. The predicted molar refractivity (Wildman–Crippen MR) is 34.6 cm³/mol. The lowest BCUT2D eigenvalue weighted by Gasteiger charge is -2.01. The van der Waals surface area contributed by atoms with Crippen LogP contribution in [-0.4, -0.2) is 11.8 Å². The van der Waals surface area contributed by atoms with Crippen LogP contribution in [0.4, 0.5) is 0 Å². The van der Waals surface area contributed by atoms with Crippen LogP contribution in [0.2, 0.25) is 0 Å². The summed E-state index contributed by atoms with van der Waals surface area (Å²) in [4.78, 5) is 21.1. The number of nitrogens with two attached hydrogens (primary N) is 2. The van der Waals surface area contributed by atoms with E-state index >= 15 is 0 Å². The zero-order valence-electron chi connectivity index (χ0n) is 5.76. The molecule has 1 aliphatic rings. The third kappa shape index (κ3) is 0.761. The summed E-state index contributed by atoms with van der Waals surface area (Å²) in [7, 11) is 0. The molecule has 0 aliphatic heterocycles. The molecule has 0 aromatic heterocycles. The van der Waals surface area contributed by atoms with E-state index in [1.165, 1.54) is 0 Å². The topological polar surface area (TPSA) is 86.2 Å². The molecule has 1 fully saturated rings. The van der Waals surface area contributed by atoms with Crippen LogP contribution in [-0.2, 0) is 9.59 Å². The smallest absolute Gasteiger partial charge is 0.224 e. The highest BCUT2D eigenvalue weighted by Crippen LogP contribution is 2.51. The summed E-state index contributed by atoms with van der Waals surface area (Å²) in [6.45, 7) is 1.66. The predicted octanol–water partition coefficient (Wildman–Crippen LogP) is -1.02. The van der Waals surface area contributed by atoms with E-state index in [0.29, 0.717) is 6.42 Å². The van der Waals surface area contributed by atoms with Gasteiger partial charge in [-0.25, -0.2) is 0 Å². The number of carbonyl (C=O) groups excluding carboxylic acids is 2. The Balaban J connectivity index is 2.65. The molecule has 4 N–H and O–H groups in total. The van der Waals surface area contributed by atoms with Gasteiger partial charge in [0.25, 0.3) is 0 Å². The van der Waals surface area contributed by atoms with Gasteiger partial charge in [0.2, 0.25) is 11.8 Å². The molecule has 0 unspecified atom stereocenters. The van der Waals surface area contributed by atoms with Crippen molar-refractivity contribution < 1.29 is 9.59 Å². The largest absolute Gasteiger partial charge is 0.369 e. The molecule has 0 spiro atoms. The summed E-state index contributed by atoms with van der Waals surface area (Å²) in [5, 5.41) is 0. The Labute approximate surface area is 58.6 Å². The van der Waals surface area contributed by atoms with E-state index in [2.05, 4.69) is 0 Å². The highest BCUT2D eigenvalue weighted by atomic mass is 16.2. The summed E-state index contributed by atoms with van der Waals surface area (Å²) >= 11 is 0. The molecule has 1 rings (SSSR count). The maximum Gasteiger partial charge on any atom is 0.224 e. The summed E-state index contributed by atoms with van der Waals surface area (Å²) in [6, 6.07) is 0. The second-order valence-electron chi connectivity index (χ2n) is 2.94. The van der Waals surface area contributed by atoms with Crippen molar-refractivity contribution in [3.05, 3.63) is 0 Å². The highest BCUT2D eigenvalue weighted by Gasteiger charge is 2.58. The quantitative estimate of drug-likeness (QED) is 0.517. The van der Waals surface area contributed by atoms with Crippen molar-refractivity contribution in [2.75, 3.05) is 0 Å². The van der Waals surface area contributed by atoms with Crippen LogP contribution in [0, 0.1) is 11.3 Å². The fraction of sp³-hybridized carbons (Fsp3) is 0.667. The van der Waals surface area contributed by atoms with Crippen LogP contribution in [0.25, 0.3) is 0 Å². The Morgan fingerprint density at radius 1 is 1.50 bits per heavy atom. The Morgan fingerprint density at radius 2 is 2.00 bits per heavy atom. The van der Waals surface area contributed by atoms with Gasteiger partial charge in [-0.15, -0.1) is 0 Å². The molecule has 1 saturated carbocycles. The lowest BCUT2D eigenvalue weighted by Crippen LogP contribution is -2.28. The molecular formula is C6H10N2O2. The first-order valence-electron chi connectivity index (χ1n) is 3.07. The molecule has 4 nitrogen and oxygen atoms in total. The maximum absolute atomic E-state index is 10.6. The Kier molecular flexibility index (Phi) is 1.21. The van der Waals surface area contributed by atoms with E-state index in [9.17, 15) is 9.59 Å². The number of hydrogen-bond donors (Lipinski definition) is 2. The van der Waals surface area contributed by atoms with Crippen molar-refractivity contribution >= 4 is 11.8 Å². The van der Waals surface area contributed by atoms with Gasteiger partial charge in [0, 0.05) is 0 Å². The monoisotopic (exact) mass is 142 g/mol. The maximum atomic E-state index is 10.6. The molecular weight excluding hydrogens is 132 g/mol. The van der Waals surface area contributed by atoms with Crippen LogP contribution in [0.15, 0.2) is 0 Å². The van der Waals surface area contributed by atoms with Gasteiger partial charge in [0.05, 0.1) is 11.3 Å². The standard InChI is InChI=1S/C6H10N2O2/c1-6(5(8)10)2-3(6)4(7)9/h3H,2H2,1H3,(H2,7,9)(H2,8,10)/t3-,6-/m1/s1. The Morgan fingerprint density at radius 3 is 2.10 bits per heavy atom. The minimum Gasteiger partial charge on any atom is -0.369 e. The van der Waals surface area contributed by atoms with Gasteiger partial charge in [-0.2, -0.15) is 0 Å². The van der Waals surface area contributed by atoms with Crippen LogP contribution in [0.1, 0.15) is 13.3 Å². The van der Waals surface area contributed by atoms with Gasteiger partial charge in [-0.05, 0) is 13.3 Å². The molecule has 0 heterocycles. The zero-order valence-corrected chi connectivity index (χ0v) is 5.76. The molecule has 1 aliphatic carbocycles. The molecule has 2 atom stereocenters. The van der Waals surface area contributed by atoms with Gasteiger partial charge in [0.15, 0.2) is 0 Å². The van der Waals surface area contributed by atoms with Crippen molar-refractivity contribution in [3.63, 3.8) is 0 Å². The number of amides is 2. The molecule has 0 aromatic carbocycles.